The molecule has 0 spiro atoms. The average molecular weight is 267 g/mol. The van der Waals surface area contributed by atoms with Crippen LogP contribution in [0, 0.1) is 0 Å². The lowest BCUT2D eigenvalue weighted by atomic mass is 10.2. The minimum atomic E-state index is -2.82. The Kier molecular flexibility index (Phi) is 4.35. The molecule has 100 valence electrons. The molecule has 0 fully saturated rings. The Morgan fingerprint density at radius 1 is 1.26 bits per heavy atom. The van der Waals surface area contributed by atoms with Gasteiger partial charge in [-0.05, 0) is 5.56 Å². The minimum absolute atomic E-state index is 0.118. The van der Waals surface area contributed by atoms with Crippen LogP contribution in [0.5, 0.6) is 0 Å². The summed E-state index contributed by atoms with van der Waals surface area (Å²) in [6, 6.07) is 9.27. The Morgan fingerprint density at radius 2 is 2.00 bits per heavy atom. The molecule has 19 heavy (non-hydrogen) atoms. The summed E-state index contributed by atoms with van der Waals surface area (Å²) >= 11 is 0. The number of alkyl halides is 2. The van der Waals surface area contributed by atoms with Crippen LogP contribution in [-0.2, 0) is 18.0 Å². The lowest BCUT2D eigenvalue weighted by Crippen LogP contribution is -1.98. The minimum Gasteiger partial charge on any atom is -0.369 e. The molecule has 1 aromatic carbocycles. The van der Waals surface area contributed by atoms with Gasteiger partial charge in [0.15, 0.2) is 17.7 Å². The second-order valence-corrected chi connectivity index (χ2v) is 3.80. The highest BCUT2D eigenvalue weighted by atomic mass is 19.3. The van der Waals surface area contributed by atoms with Crippen LogP contribution in [0.4, 0.5) is 8.78 Å². The summed E-state index contributed by atoms with van der Waals surface area (Å²) in [5.41, 5.74) is 0.0348. The quantitative estimate of drug-likeness (QED) is 0.754. The van der Waals surface area contributed by atoms with E-state index in [9.17, 15) is 13.6 Å². The standard InChI is InChI=1S/C13H11F2NO3/c14-13(15)12-10(6-17)16-19-11(12)8-18-7-9-4-2-1-3-5-9/h1-6,13H,7-8H2. The first kappa shape index (κ1) is 13.4. The van der Waals surface area contributed by atoms with Crippen molar-refractivity contribution in [2.24, 2.45) is 0 Å². The van der Waals surface area contributed by atoms with Gasteiger partial charge in [-0.3, -0.25) is 4.79 Å². The monoisotopic (exact) mass is 267 g/mol. The van der Waals surface area contributed by atoms with Crippen molar-refractivity contribution in [2.45, 2.75) is 19.6 Å². The molecule has 0 N–H and O–H groups in total. The Hall–Kier alpha value is -2.08. The highest BCUT2D eigenvalue weighted by molar-refractivity contribution is 5.74. The Balaban J connectivity index is 2.00. The van der Waals surface area contributed by atoms with Gasteiger partial charge in [-0.2, -0.15) is 0 Å². The van der Waals surface area contributed by atoms with Crippen molar-refractivity contribution in [3.63, 3.8) is 0 Å². The molecule has 2 rings (SSSR count). The molecule has 1 aromatic heterocycles. The number of aldehydes is 1. The van der Waals surface area contributed by atoms with E-state index in [4.69, 9.17) is 9.26 Å². The van der Waals surface area contributed by atoms with Gasteiger partial charge in [0.25, 0.3) is 6.43 Å². The molecule has 6 heteroatoms. The summed E-state index contributed by atoms with van der Waals surface area (Å²) in [4.78, 5) is 10.5. The third-order valence-corrected chi connectivity index (χ3v) is 2.51. The van der Waals surface area contributed by atoms with Gasteiger partial charge in [0.05, 0.1) is 12.2 Å². The molecule has 0 bridgehead atoms. The molecular weight excluding hydrogens is 256 g/mol. The fourth-order valence-electron chi connectivity index (χ4n) is 1.60. The molecule has 0 saturated heterocycles. The van der Waals surface area contributed by atoms with E-state index >= 15 is 0 Å². The molecule has 0 atom stereocenters. The van der Waals surface area contributed by atoms with Gasteiger partial charge in [-0.15, -0.1) is 0 Å². The molecule has 0 saturated carbocycles. The number of rotatable bonds is 6. The molecule has 0 aliphatic rings. The molecule has 4 nitrogen and oxygen atoms in total. The van der Waals surface area contributed by atoms with E-state index in [0.29, 0.717) is 0 Å². The third-order valence-electron chi connectivity index (χ3n) is 2.51. The molecule has 2 aromatic rings. The van der Waals surface area contributed by atoms with Crippen molar-refractivity contribution in [1.82, 2.24) is 5.16 Å². The fourth-order valence-corrected chi connectivity index (χ4v) is 1.60. The molecule has 0 amide bonds. The number of carbonyl (C=O) groups is 1. The average Bonchev–Trinajstić information content (AvgIpc) is 2.83. The fraction of sp³-hybridized carbons (Fsp3) is 0.231. The van der Waals surface area contributed by atoms with E-state index < -0.39 is 12.0 Å². The molecule has 0 unspecified atom stereocenters. The van der Waals surface area contributed by atoms with E-state index in [1.165, 1.54) is 0 Å². The lowest BCUT2D eigenvalue weighted by molar-refractivity contribution is 0.0816. The van der Waals surface area contributed by atoms with Gasteiger partial charge >= 0.3 is 0 Å². The molecule has 1 heterocycles. The number of ether oxygens (including phenoxy) is 1. The van der Waals surface area contributed by atoms with Gasteiger partial charge < -0.3 is 9.26 Å². The largest absolute Gasteiger partial charge is 0.369 e. The van der Waals surface area contributed by atoms with Crippen LogP contribution in [0.2, 0.25) is 0 Å². The van der Waals surface area contributed by atoms with Crippen molar-refractivity contribution < 1.29 is 22.8 Å². The van der Waals surface area contributed by atoms with Gasteiger partial charge in [0, 0.05) is 0 Å². The highest BCUT2D eigenvalue weighted by Crippen LogP contribution is 2.26. The third kappa shape index (κ3) is 3.23. The lowest BCUT2D eigenvalue weighted by Gasteiger charge is -2.03. The molecule has 0 radical (unpaired) electrons. The predicted molar refractivity (Wildman–Crippen MR) is 61.8 cm³/mol. The van der Waals surface area contributed by atoms with Gasteiger partial charge in [-0.25, -0.2) is 8.78 Å². The SMILES string of the molecule is O=Cc1noc(COCc2ccccc2)c1C(F)F. The van der Waals surface area contributed by atoms with Crippen LogP contribution >= 0.6 is 0 Å². The van der Waals surface area contributed by atoms with Crippen molar-refractivity contribution >= 4 is 6.29 Å². The summed E-state index contributed by atoms with van der Waals surface area (Å²) in [5, 5.41) is 3.28. The number of hydrogen-bond acceptors (Lipinski definition) is 4. The number of carbonyl (C=O) groups excluding carboxylic acids is 1. The summed E-state index contributed by atoms with van der Waals surface area (Å²) in [6.45, 7) is 0.107. The zero-order valence-corrected chi connectivity index (χ0v) is 9.88. The van der Waals surface area contributed by atoms with Crippen LogP contribution in [0.1, 0.15) is 33.8 Å². The number of nitrogens with zero attached hydrogens (tertiary/aromatic N) is 1. The Morgan fingerprint density at radius 3 is 2.63 bits per heavy atom. The van der Waals surface area contributed by atoms with E-state index in [-0.39, 0.29) is 31.0 Å². The van der Waals surface area contributed by atoms with Crippen molar-refractivity contribution in [1.29, 1.82) is 0 Å². The van der Waals surface area contributed by atoms with Crippen LogP contribution in [0.25, 0.3) is 0 Å². The smallest absolute Gasteiger partial charge is 0.269 e. The first-order chi connectivity index (χ1) is 9.22. The summed E-state index contributed by atoms with van der Waals surface area (Å²) < 4.78 is 35.5. The molecule has 0 aliphatic carbocycles. The first-order valence-electron chi connectivity index (χ1n) is 5.55. The first-order valence-corrected chi connectivity index (χ1v) is 5.55. The number of benzene rings is 1. The van der Waals surface area contributed by atoms with Gasteiger partial charge in [-0.1, -0.05) is 35.5 Å². The van der Waals surface area contributed by atoms with Crippen LogP contribution in [0.15, 0.2) is 34.9 Å². The maximum atomic E-state index is 12.7. The number of aromatic nitrogens is 1. The normalized spacial score (nSPS) is 10.9. The van der Waals surface area contributed by atoms with Crippen molar-refractivity contribution in [3.8, 4) is 0 Å². The van der Waals surface area contributed by atoms with E-state index in [1.54, 1.807) is 0 Å². The zero-order valence-electron chi connectivity index (χ0n) is 9.88. The highest BCUT2D eigenvalue weighted by Gasteiger charge is 2.23. The second-order valence-electron chi connectivity index (χ2n) is 3.80. The van der Waals surface area contributed by atoms with Gasteiger partial charge in [0.2, 0.25) is 0 Å². The summed E-state index contributed by atoms with van der Waals surface area (Å²) in [6.07, 6.45) is -2.58. The molecule has 0 aliphatic heterocycles. The maximum Gasteiger partial charge on any atom is 0.269 e. The van der Waals surface area contributed by atoms with E-state index in [0.717, 1.165) is 5.56 Å². The molecular formula is C13H11F2NO3. The van der Waals surface area contributed by atoms with Gasteiger partial charge in [0.1, 0.15) is 6.61 Å². The second kappa shape index (κ2) is 6.19. The summed E-state index contributed by atoms with van der Waals surface area (Å²) in [5.74, 6) is -0.118. The maximum absolute atomic E-state index is 12.7. The predicted octanol–water partition coefficient (Wildman–Crippen LogP) is 3.14. The Labute approximate surface area is 108 Å². The Bertz CT molecular complexity index is 540. The number of halogens is 2. The van der Waals surface area contributed by atoms with Crippen LogP contribution in [0.3, 0.4) is 0 Å². The van der Waals surface area contributed by atoms with Crippen LogP contribution in [-0.4, -0.2) is 11.4 Å². The van der Waals surface area contributed by atoms with Crippen LogP contribution < -0.4 is 0 Å². The van der Waals surface area contributed by atoms with Crippen molar-refractivity contribution in [3.05, 3.63) is 52.9 Å². The number of hydrogen-bond donors (Lipinski definition) is 0. The topological polar surface area (TPSA) is 52.3 Å². The summed E-state index contributed by atoms with van der Waals surface area (Å²) in [7, 11) is 0. The van der Waals surface area contributed by atoms with E-state index in [2.05, 4.69) is 5.16 Å². The van der Waals surface area contributed by atoms with Crippen molar-refractivity contribution in [2.75, 3.05) is 0 Å². The zero-order chi connectivity index (χ0) is 13.7. The van der Waals surface area contributed by atoms with E-state index in [1.807, 2.05) is 30.3 Å².